The van der Waals surface area contributed by atoms with Crippen molar-refractivity contribution in [3.63, 3.8) is 0 Å². The maximum atomic E-state index is 12.0. The van der Waals surface area contributed by atoms with Crippen molar-refractivity contribution in [2.24, 2.45) is 0 Å². The summed E-state index contributed by atoms with van der Waals surface area (Å²) in [5.41, 5.74) is 1.68. The van der Waals surface area contributed by atoms with Gasteiger partial charge in [0, 0.05) is 12.8 Å². The molecule has 0 fully saturated rings. The second-order valence-electron chi connectivity index (χ2n) is 4.25. The second-order valence-corrected chi connectivity index (χ2v) is 4.25. The van der Waals surface area contributed by atoms with E-state index in [4.69, 9.17) is 11.2 Å². The Kier molecular flexibility index (Phi) is 3.16. The topological polar surface area (TPSA) is 38.3 Å². The van der Waals surface area contributed by atoms with Crippen LogP contribution in [0.2, 0.25) is 0 Å². The second kappa shape index (κ2) is 4.60. The maximum absolute atomic E-state index is 12.0. The van der Waals surface area contributed by atoms with Crippen LogP contribution in [0, 0.1) is 12.3 Å². The van der Waals surface area contributed by atoms with E-state index in [1.165, 1.54) is 18.2 Å². The van der Waals surface area contributed by atoms with Crippen LogP contribution in [0.1, 0.15) is 11.1 Å². The molecule has 0 heterocycles. The van der Waals surface area contributed by atoms with E-state index in [1.54, 1.807) is 0 Å². The number of esters is 1. The minimum Gasteiger partial charge on any atom is -0.468 e. The zero-order valence-corrected chi connectivity index (χ0v) is 9.82. The molecule has 3 heteroatoms. The van der Waals surface area contributed by atoms with Crippen molar-refractivity contribution < 1.29 is 9.53 Å². The Morgan fingerprint density at radius 1 is 1.47 bits per heavy atom. The fourth-order valence-electron chi connectivity index (χ4n) is 2.37. The van der Waals surface area contributed by atoms with Gasteiger partial charge in [0.25, 0.3) is 0 Å². The Bertz CT molecular complexity index is 448. The summed E-state index contributed by atoms with van der Waals surface area (Å²) in [6, 6.07) is 8.04. The van der Waals surface area contributed by atoms with Crippen LogP contribution in [0.15, 0.2) is 24.3 Å². The Hall–Kier alpha value is -1.79. The molecule has 1 N–H and O–H groups in total. The first-order chi connectivity index (χ1) is 8.22. The van der Waals surface area contributed by atoms with Crippen LogP contribution in [0.5, 0.6) is 0 Å². The molecule has 0 radical (unpaired) electrons. The molecule has 17 heavy (non-hydrogen) atoms. The molecule has 0 saturated carbocycles. The molecule has 2 rings (SSSR count). The van der Waals surface area contributed by atoms with Gasteiger partial charge < -0.3 is 4.74 Å². The number of ether oxygens (including phenoxy) is 1. The molecule has 0 aliphatic heterocycles. The molecule has 0 saturated heterocycles. The van der Waals surface area contributed by atoms with Gasteiger partial charge >= 0.3 is 5.97 Å². The van der Waals surface area contributed by atoms with Crippen molar-refractivity contribution in [3.05, 3.63) is 35.4 Å². The molecular formula is C14H15NO2. The quantitative estimate of drug-likeness (QED) is 0.618. The lowest BCUT2D eigenvalue weighted by Crippen LogP contribution is -2.53. The molecule has 1 aromatic carbocycles. The zero-order chi connectivity index (χ0) is 12.3. The summed E-state index contributed by atoms with van der Waals surface area (Å²) >= 11 is 0. The monoisotopic (exact) mass is 229 g/mol. The number of fused-ring (bicyclic) bond motifs is 1. The summed E-state index contributed by atoms with van der Waals surface area (Å²) in [5, 5.41) is 3.13. The van der Waals surface area contributed by atoms with Crippen molar-refractivity contribution in [2.75, 3.05) is 13.7 Å². The van der Waals surface area contributed by atoms with Crippen LogP contribution in [-0.4, -0.2) is 25.2 Å². The van der Waals surface area contributed by atoms with Crippen LogP contribution in [0.25, 0.3) is 0 Å². The van der Waals surface area contributed by atoms with Crippen molar-refractivity contribution in [1.82, 2.24) is 5.32 Å². The first kappa shape index (κ1) is 11.7. The van der Waals surface area contributed by atoms with Gasteiger partial charge in [-0.3, -0.25) is 10.1 Å². The molecule has 3 nitrogen and oxygen atoms in total. The highest BCUT2D eigenvalue weighted by atomic mass is 16.5. The number of hydrogen-bond donors (Lipinski definition) is 1. The van der Waals surface area contributed by atoms with Gasteiger partial charge in [-0.15, -0.1) is 6.42 Å². The highest BCUT2D eigenvalue weighted by molar-refractivity contribution is 5.83. The summed E-state index contributed by atoms with van der Waals surface area (Å²) in [5.74, 6) is 2.26. The lowest BCUT2D eigenvalue weighted by molar-refractivity contribution is -0.148. The van der Waals surface area contributed by atoms with Crippen LogP contribution in [0.4, 0.5) is 0 Å². The number of carbonyl (C=O) groups is 1. The molecule has 0 bridgehead atoms. The third-order valence-corrected chi connectivity index (χ3v) is 3.21. The van der Waals surface area contributed by atoms with Crippen molar-refractivity contribution in [1.29, 1.82) is 0 Å². The SMILES string of the molecule is C#CCNC1(C(=O)OC)Cc2ccccc2C1. The molecule has 1 aliphatic rings. The molecular weight excluding hydrogens is 214 g/mol. The van der Waals surface area contributed by atoms with E-state index in [-0.39, 0.29) is 5.97 Å². The summed E-state index contributed by atoms with van der Waals surface area (Å²) < 4.78 is 4.90. The first-order valence-corrected chi connectivity index (χ1v) is 5.55. The number of carbonyl (C=O) groups excluding carboxylic acids is 1. The third kappa shape index (κ3) is 2.04. The lowest BCUT2D eigenvalue weighted by Gasteiger charge is -2.26. The van der Waals surface area contributed by atoms with E-state index in [2.05, 4.69) is 11.2 Å². The summed E-state index contributed by atoms with van der Waals surface area (Å²) in [7, 11) is 1.41. The van der Waals surface area contributed by atoms with Gasteiger partial charge in [-0.1, -0.05) is 30.2 Å². The smallest absolute Gasteiger partial charge is 0.326 e. The minimum absolute atomic E-state index is 0.246. The zero-order valence-electron chi connectivity index (χ0n) is 9.82. The highest BCUT2D eigenvalue weighted by Gasteiger charge is 2.44. The van der Waals surface area contributed by atoms with Crippen LogP contribution < -0.4 is 5.32 Å². The molecule has 88 valence electrons. The van der Waals surface area contributed by atoms with Crippen molar-refractivity contribution in [2.45, 2.75) is 18.4 Å². The van der Waals surface area contributed by atoms with E-state index in [0.717, 1.165) is 0 Å². The summed E-state index contributed by atoms with van der Waals surface area (Å²) in [4.78, 5) is 12.0. The van der Waals surface area contributed by atoms with Crippen molar-refractivity contribution >= 4 is 5.97 Å². The lowest BCUT2D eigenvalue weighted by atomic mass is 9.96. The fraction of sp³-hybridized carbons (Fsp3) is 0.357. The van der Waals surface area contributed by atoms with Gasteiger partial charge in [0.1, 0.15) is 5.54 Å². The predicted octanol–water partition coefficient (Wildman–Crippen LogP) is 0.920. The Balaban J connectivity index is 2.28. The van der Waals surface area contributed by atoms with Gasteiger partial charge in [-0.2, -0.15) is 0 Å². The van der Waals surface area contributed by atoms with Gasteiger partial charge in [-0.25, -0.2) is 0 Å². The van der Waals surface area contributed by atoms with E-state index >= 15 is 0 Å². The minimum atomic E-state index is -0.690. The van der Waals surface area contributed by atoms with E-state index in [1.807, 2.05) is 24.3 Å². The number of methoxy groups -OCH3 is 1. The van der Waals surface area contributed by atoms with Crippen molar-refractivity contribution in [3.8, 4) is 12.3 Å². The third-order valence-electron chi connectivity index (χ3n) is 3.21. The van der Waals surface area contributed by atoms with Gasteiger partial charge in [0.2, 0.25) is 0 Å². The Morgan fingerprint density at radius 3 is 2.53 bits per heavy atom. The highest BCUT2D eigenvalue weighted by Crippen LogP contribution is 2.30. The number of rotatable bonds is 3. The molecule has 0 spiro atoms. The van der Waals surface area contributed by atoms with Gasteiger partial charge in [0.15, 0.2) is 0 Å². The normalized spacial score (nSPS) is 16.0. The molecule has 0 aromatic heterocycles. The van der Waals surface area contributed by atoms with Gasteiger partial charge in [0.05, 0.1) is 13.7 Å². The molecule has 1 aliphatic carbocycles. The Labute approximate surface area is 101 Å². The Morgan fingerprint density at radius 2 is 2.06 bits per heavy atom. The molecule has 0 atom stereocenters. The molecule has 1 aromatic rings. The van der Waals surface area contributed by atoms with Crippen LogP contribution in [0.3, 0.4) is 0 Å². The van der Waals surface area contributed by atoms with E-state index in [9.17, 15) is 4.79 Å². The van der Waals surface area contributed by atoms with Crippen LogP contribution >= 0.6 is 0 Å². The summed E-state index contributed by atoms with van der Waals surface area (Å²) in [6.07, 6.45) is 6.52. The number of benzene rings is 1. The summed E-state index contributed by atoms with van der Waals surface area (Å²) in [6.45, 7) is 0.364. The van der Waals surface area contributed by atoms with Gasteiger partial charge in [-0.05, 0) is 11.1 Å². The average Bonchev–Trinajstić information content (AvgIpc) is 2.75. The average molecular weight is 229 g/mol. The van der Waals surface area contributed by atoms with Crippen LogP contribution in [-0.2, 0) is 22.4 Å². The predicted molar refractivity (Wildman–Crippen MR) is 65.4 cm³/mol. The first-order valence-electron chi connectivity index (χ1n) is 5.55. The number of nitrogens with one attached hydrogen (secondary N) is 1. The number of hydrogen-bond acceptors (Lipinski definition) is 3. The standard InChI is InChI=1S/C14H15NO2/c1-3-8-15-14(13(16)17-2)9-11-6-4-5-7-12(11)10-14/h1,4-7,15H,8-10H2,2H3. The van der Waals surface area contributed by atoms with E-state index in [0.29, 0.717) is 19.4 Å². The molecule has 0 unspecified atom stereocenters. The maximum Gasteiger partial charge on any atom is 0.326 e. The van der Waals surface area contributed by atoms with E-state index < -0.39 is 5.54 Å². The largest absolute Gasteiger partial charge is 0.468 e. The number of terminal acetylenes is 1. The molecule has 0 amide bonds. The fourth-order valence-corrected chi connectivity index (χ4v) is 2.37.